The number of alkyl halides is 3. The maximum Gasteiger partial charge on any atom is 0.416 e. The summed E-state index contributed by atoms with van der Waals surface area (Å²) in [5, 5.41) is 9.03. The summed E-state index contributed by atoms with van der Waals surface area (Å²) in [6, 6.07) is 4.54. The second-order valence-corrected chi connectivity index (χ2v) is 9.74. The molecule has 34 heavy (non-hydrogen) atoms. The quantitative estimate of drug-likeness (QED) is 0.541. The Kier molecular flexibility index (Phi) is 6.41. The SMILES string of the molecule is COCOc1cc(C(F)(F)F)cc(C)c1-c1cc2c(nn1)N([C@@H]1CCCN(CC3CC3)C1)CC2. The molecule has 6 nitrogen and oxygen atoms in total. The predicted molar refractivity (Wildman–Crippen MR) is 123 cm³/mol. The number of fused-ring (bicyclic) bond motifs is 1. The van der Waals surface area contributed by atoms with Crippen molar-refractivity contribution in [1.82, 2.24) is 15.1 Å². The van der Waals surface area contributed by atoms with Crippen molar-refractivity contribution in [1.29, 1.82) is 0 Å². The van der Waals surface area contributed by atoms with E-state index in [2.05, 4.69) is 20.0 Å². The van der Waals surface area contributed by atoms with Crippen LogP contribution >= 0.6 is 0 Å². The molecule has 5 rings (SSSR count). The minimum atomic E-state index is -4.47. The lowest BCUT2D eigenvalue weighted by molar-refractivity contribution is -0.137. The summed E-state index contributed by atoms with van der Waals surface area (Å²) < 4.78 is 50.6. The average Bonchev–Trinajstić information content (AvgIpc) is 3.51. The van der Waals surface area contributed by atoms with Crippen molar-refractivity contribution in [3.05, 3.63) is 34.9 Å². The van der Waals surface area contributed by atoms with Gasteiger partial charge in [0.15, 0.2) is 12.6 Å². The molecule has 0 N–H and O–H groups in total. The van der Waals surface area contributed by atoms with Gasteiger partial charge in [-0.3, -0.25) is 0 Å². The predicted octanol–water partition coefficient (Wildman–Crippen LogP) is 4.69. The Morgan fingerprint density at radius 3 is 2.65 bits per heavy atom. The number of hydrogen-bond acceptors (Lipinski definition) is 6. The van der Waals surface area contributed by atoms with E-state index in [-0.39, 0.29) is 12.5 Å². The molecule has 184 valence electrons. The number of aromatic nitrogens is 2. The Morgan fingerprint density at radius 2 is 1.91 bits per heavy atom. The van der Waals surface area contributed by atoms with Gasteiger partial charge in [0, 0.05) is 43.9 Å². The first kappa shape index (κ1) is 23.4. The van der Waals surface area contributed by atoms with E-state index >= 15 is 0 Å². The molecule has 1 atom stereocenters. The first-order valence-electron chi connectivity index (χ1n) is 12.0. The van der Waals surface area contributed by atoms with E-state index in [1.165, 1.54) is 39.5 Å². The number of likely N-dealkylation sites (tertiary alicyclic amines) is 1. The van der Waals surface area contributed by atoms with Crippen LogP contribution in [-0.4, -0.2) is 61.2 Å². The molecular formula is C25H31F3N4O2. The van der Waals surface area contributed by atoms with Crippen LogP contribution < -0.4 is 9.64 Å². The van der Waals surface area contributed by atoms with E-state index in [1.54, 1.807) is 6.92 Å². The summed E-state index contributed by atoms with van der Waals surface area (Å²) in [6.07, 6.45) is 1.45. The number of aryl methyl sites for hydroxylation is 1. The average molecular weight is 477 g/mol. The Labute approximate surface area is 198 Å². The molecule has 0 unspecified atom stereocenters. The molecule has 0 amide bonds. The highest BCUT2D eigenvalue weighted by Gasteiger charge is 2.35. The zero-order chi connectivity index (χ0) is 23.9. The van der Waals surface area contributed by atoms with Crippen molar-refractivity contribution < 1.29 is 22.6 Å². The van der Waals surface area contributed by atoms with E-state index in [9.17, 15) is 13.2 Å². The lowest BCUT2D eigenvalue weighted by Crippen LogP contribution is -2.48. The Bertz CT molecular complexity index is 1040. The van der Waals surface area contributed by atoms with Gasteiger partial charge in [-0.15, -0.1) is 10.2 Å². The monoisotopic (exact) mass is 476 g/mol. The van der Waals surface area contributed by atoms with Crippen LogP contribution in [0.2, 0.25) is 0 Å². The molecule has 0 spiro atoms. The number of nitrogens with zero attached hydrogens (tertiary/aromatic N) is 4. The Morgan fingerprint density at radius 1 is 1.09 bits per heavy atom. The largest absolute Gasteiger partial charge is 0.467 e. The van der Waals surface area contributed by atoms with Crippen molar-refractivity contribution in [3.8, 4) is 17.0 Å². The highest BCUT2D eigenvalue weighted by atomic mass is 19.4. The van der Waals surface area contributed by atoms with Gasteiger partial charge < -0.3 is 19.3 Å². The molecule has 2 fully saturated rings. The summed E-state index contributed by atoms with van der Waals surface area (Å²) in [6.45, 7) is 5.83. The number of anilines is 1. The zero-order valence-electron chi connectivity index (χ0n) is 19.7. The van der Waals surface area contributed by atoms with Crippen LogP contribution in [0.5, 0.6) is 5.75 Å². The van der Waals surface area contributed by atoms with Crippen LogP contribution in [0.15, 0.2) is 18.2 Å². The summed E-state index contributed by atoms with van der Waals surface area (Å²) in [4.78, 5) is 4.98. The molecule has 3 heterocycles. The summed E-state index contributed by atoms with van der Waals surface area (Å²) in [5.41, 5.74) is 1.81. The molecule has 2 aliphatic heterocycles. The van der Waals surface area contributed by atoms with Crippen molar-refractivity contribution in [2.45, 2.75) is 51.2 Å². The lowest BCUT2D eigenvalue weighted by atomic mass is 9.99. The number of rotatable bonds is 7. The standard InChI is InChI=1S/C25H31F3N4O2/c1-16-10-19(25(26,27)28)12-22(34-15-33-2)23(16)21-11-18-7-9-32(24(18)30-29-21)20-4-3-8-31(14-20)13-17-5-6-17/h10-12,17,20H,3-9,13-15H2,1-2H3/t20-/m1/s1. The van der Waals surface area contributed by atoms with Crippen LogP contribution in [0, 0.1) is 12.8 Å². The van der Waals surface area contributed by atoms with Gasteiger partial charge >= 0.3 is 6.18 Å². The van der Waals surface area contributed by atoms with Crippen molar-refractivity contribution in [2.24, 2.45) is 5.92 Å². The van der Waals surface area contributed by atoms with E-state index in [1.807, 2.05) is 6.07 Å². The molecule has 2 aromatic rings. The minimum absolute atomic E-state index is 0.0984. The van der Waals surface area contributed by atoms with Gasteiger partial charge in [-0.25, -0.2) is 0 Å². The van der Waals surface area contributed by atoms with Crippen molar-refractivity contribution in [2.75, 3.05) is 45.0 Å². The molecule has 1 saturated heterocycles. The fourth-order valence-corrected chi connectivity index (χ4v) is 5.27. The first-order chi connectivity index (χ1) is 16.3. The van der Waals surface area contributed by atoms with Gasteiger partial charge in [0.05, 0.1) is 11.3 Å². The summed E-state index contributed by atoms with van der Waals surface area (Å²) in [5.74, 6) is 1.89. The third-order valence-corrected chi connectivity index (χ3v) is 7.09. The molecule has 1 aromatic carbocycles. The molecule has 3 aliphatic rings. The van der Waals surface area contributed by atoms with Gasteiger partial charge in [0.2, 0.25) is 0 Å². The second kappa shape index (κ2) is 9.34. The Hall–Kier alpha value is -2.39. The van der Waals surface area contributed by atoms with Crippen LogP contribution in [0.3, 0.4) is 0 Å². The Balaban J connectivity index is 1.41. The molecule has 9 heteroatoms. The molecule has 0 bridgehead atoms. The van der Waals surface area contributed by atoms with Gasteiger partial charge in [-0.1, -0.05) is 0 Å². The maximum atomic E-state index is 13.4. The number of halogens is 3. The summed E-state index contributed by atoms with van der Waals surface area (Å²) >= 11 is 0. The van der Waals surface area contributed by atoms with E-state index in [0.717, 1.165) is 55.4 Å². The van der Waals surface area contributed by atoms with Crippen LogP contribution in [0.25, 0.3) is 11.3 Å². The normalized spacial score (nSPS) is 21.1. The van der Waals surface area contributed by atoms with Crippen molar-refractivity contribution >= 4 is 5.82 Å². The third kappa shape index (κ3) is 4.86. The van der Waals surface area contributed by atoms with Gasteiger partial charge in [0.1, 0.15) is 5.75 Å². The van der Waals surface area contributed by atoms with Gasteiger partial charge in [0.25, 0.3) is 0 Å². The first-order valence-corrected chi connectivity index (χ1v) is 12.0. The smallest absolute Gasteiger partial charge is 0.416 e. The maximum absolute atomic E-state index is 13.4. The van der Waals surface area contributed by atoms with E-state index in [4.69, 9.17) is 9.47 Å². The van der Waals surface area contributed by atoms with E-state index in [0.29, 0.717) is 22.9 Å². The van der Waals surface area contributed by atoms with Crippen LogP contribution in [0.1, 0.15) is 42.4 Å². The molecule has 0 radical (unpaired) electrons. The van der Waals surface area contributed by atoms with Crippen LogP contribution in [0.4, 0.5) is 19.0 Å². The van der Waals surface area contributed by atoms with Gasteiger partial charge in [-0.2, -0.15) is 13.2 Å². The van der Waals surface area contributed by atoms with Crippen molar-refractivity contribution in [3.63, 3.8) is 0 Å². The topological polar surface area (TPSA) is 50.7 Å². The number of hydrogen-bond donors (Lipinski definition) is 0. The molecular weight excluding hydrogens is 445 g/mol. The number of methoxy groups -OCH3 is 1. The fourth-order valence-electron chi connectivity index (χ4n) is 5.27. The fraction of sp³-hybridized carbons (Fsp3) is 0.600. The second-order valence-electron chi connectivity index (χ2n) is 9.74. The zero-order valence-corrected chi connectivity index (χ0v) is 19.7. The number of benzene rings is 1. The number of piperidine rings is 1. The molecule has 1 aromatic heterocycles. The highest BCUT2D eigenvalue weighted by molar-refractivity contribution is 5.73. The molecule has 1 saturated carbocycles. The molecule has 1 aliphatic carbocycles. The highest BCUT2D eigenvalue weighted by Crippen LogP contribution is 2.41. The van der Waals surface area contributed by atoms with E-state index < -0.39 is 11.7 Å². The minimum Gasteiger partial charge on any atom is -0.467 e. The van der Waals surface area contributed by atoms with Crippen LogP contribution in [-0.2, 0) is 17.3 Å². The lowest BCUT2D eigenvalue weighted by Gasteiger charge is -2.38. The third-order valence-electron chi connectivity index (χ3n) is 7.09. The number of ether oxygens (including phenoxy) is 2. The van der Waals surface area contributed by atoms with Gasteiger partial charge in [-0.05, 0) is 75.3 Å². The summed E-state index contributed by atoms with van der Waals surface area (Å²) in [7, 11) is 1.43.